The number of hydrogen-bond acceptors (Lipinski definition) is 5. The van der Waals surface area contributed by atoms with Gasteiger partial charge < -0.3 is 25.4 Å². The lowest BCUT2D eigenvalue weighted by molar-refractivity contribution is 0.0942. The molecule has 4 N–H and O–H groups in total. The van der Waals surface area contributed by atoms with Gasteiger partial charge in [-0.3, -0.25) is 0 Å². The summed E-state index contributed by atoms with van der Waals surface area (Å²) >= 11 is 0. The standard InChI is InChI=1S/C12H19NO4/c1-2-17-12-5-9(3-4-11(12)16)6-13-7-10(15)8-14/h3-5,10,13-16H,2,6-8H2,1H3/t10-/m1/s1. The van der Waals surface area contributed by atoms with Crippen LogP contribution >= 0.6 is 0 Å². The van der Waals surface area contributed by atoms with Gasteiger partial charge in [0, 0.05) is 13.1 Å². The molecule has 0 heterocycles. The van der Waals surface area contributed by atoms with Crippen molar-refractivity contribution in [1.82, 2.24) is 5.32 Å². The van der Waals surface area contributed by atoms with E-state index in [1.807, 2.05) is 6.92 Å². The second-order valence-corrected chi connectivity index (χ2v) is 3.70. The van der Waals surface area contributed by atoms with Crippen LogP contribution in [0.3, 0.4) is 0 Å². The molecule has 1 aromatic carbocycles. The highest BCUT2D eigenvalue weighted by Gasteiger charge is 2.04. The minimum absolute atomic E-state index is 0.117. The lowest BCUT2D eigenvalue weighted by Crippen LogP contribution is -2.28. The maximum absolute atomic E-state index is 9.50. The molecule has 0 radical (unpaired) electrons. The molecule has 0 aliphatic heterocycles. The van der Waals surface area contributed by atoms with Gasteiger partial charge in [0.05, 0.1) is 19.3 Å². The zero-order valence-electron chi connectivity index (χ0n) is 9.89. The first-order chi connectivity index (χ1) is 8.17. The highest BCUT2D eigenvalue weighted by atomic mass is 16.5. The number of aliphatic hydroxyl groups is 2. The second kappa shape index (κ2) is 7.11. The maximum Gasteiger partial charge on any atom is 0.161 e. The fourth-order valence-electron chi connectivity index (χ4n) is 1.39. The molecule has 0 spiro atoms. The molecule has 0 saturated heterocycles. The van der Waals surface area contributed by atoms with Crippen molar-refractivity contribution in [2.75, 3.05) is 19.8 Å². The summed E-state index contributed by atoms with van der Waals surface area (Å²) in [6.07, 6.45) is -0.751. The van der Waals surface area contributed by atoms with E-state index in [2.05, 4.69) is 5.32 Å². The quantitative estimate of drug-likeness (QED) is 0.549. The zero-order chi connectivity index (χ0) is 12.7. The smallest absolute Gasteiger partial charge is 0.161 e. The van der Waals surface area contributed by atoms with Crippen LogP contribution in [0.4, 0.5) is 0 Å². The molecule has 0 aliphatic carbocycles. The van der Waals surface area contributed by atoms with Crippen LogP contribution in [0.5, 0.6) is 11.5 Å². The van der Waals surface area contributed by atoms with Crippen LogP contribution in [0.2, 0.25) is 0 Å². The summed E-state index contributed by atoms with van der Waals surface area (Å²) in [6.45, 7) is 2.95. The highest BCUT2D eigenvalue weighted by molar-refractivity contribution is 5.41. The molecule has 0 amide bonds. The van der Waals surface area contributed by atoms with Crippen LogP contribution in [0.1, 0.15) is 12.5 Å². The Morgan fingerprint density at radius 3 is 2.82 bits per heavy atom. The molecule has 0 aromatic heterocycles. The van der Waals surface area contributed by atoms with Gasteiger partial charge in [0.1, 0.15) is 0 Å². The van der Waals surface area contributed by atoms with Crippen LogP contribution in [-0.2, 0) is 6.54 Å². The molecule has 0 unspecified atom stereocenters. The van der Waals surface area contributed by atoms with E-state index in [-0.39, 0.29) is 12.4 Å². The number of nitrogens with one attached hydrogen (secondary N) is 1. The molecule has 0 aliphatic rings. The number of phenolic OH excluding ortho intramolecular Hbond substituents is 1. The van der Waals surface area contributed by atoms with Crippen molar-refractivity contribution in [1.29, 1.82) is 0 Å². The van der Waals surface area contributed by atoms with Crippen molar-refractivity contribution in [3.63, 3.8) is 0 Å². The Kier molecular flexibility index (Phi) is 5.76. The van der Waals surface area contributed by atoms with Crippen LogP contribution < -0.4 is 10.1 Å². The molecular weight excluding hydrogens is 222 g/mol. The van der Waals surface area contributed by atoms with Crippen molar-refractivity contribution in [3.8, 4) is 11.5 Å². The molecule has 17 heavy (non-hydrogen) atoms. The molecule has 5 heteroatoms. The van der Waals surface area contributed by atoms with E-state index in [1.54, 1.807) is 18.2 Å². The molecule has 5 nitrogen and oxygen atoms in total. The van der Waals surface area contributed by atoms with E-state index in [9.17, 15) is 5.11 Å². The van der Waals surface area contributed by atoms with E-state index in [0.717, 1.165) is 5.56 Å². The summed E-state index contributed by atoms with van der Waals surface area (Å²) in [4.78, 5) is 0. The first kappa shape index (κ1) is 13.8. The summed E-state index contributed by atoms with van der Waals surface area (Å²) in [5, 5.41) is 30.3. The van der Waals surface area contributed by atoms with Gasteiger partial charge in [0.2, 0.25) is 0 Å². The van der Waals surface area contributed by atoms with Crippen LogP contribution in [-0.4, -0.2) is 41.2 Å². The fourth-order valence-corrected chi connectivity index (χ4v) is 1.39. The SMILES string of the molecule is CCOc1cc(CNC[C@@H](O)CO)ccc1O. The first-order valence-electron chi connectivity index (χ1n) is 5.61. The van der Waals surface area contributed by atoms with Gasteiger partial charge in [-0.2, -0.15) is 0 Å². The summed E-state index contributed by atoms with van der Waals surface area (Å²) < 4.78 is 5.26. The van der Waals surface area contributed by atoms with Crippen molar-refractivity contribution < 1.29 is 20.1 Å². The van der Waals surface area contributed by atoms with E-state index in [4.69, 9.17) is 14.9 Å². The summed E-state index contributed by atoms with van der Waals surface area (Å²) in [6, 6.07) is 5.10. The number of hydrogen-bond donors (Lipinski definition) is 4. The first-order valence-corrected chi connectivity index (χ1v) is 5.61. The molecule has 0 bridgehead atoms. The minimum Gasteiger partial charge on any atom is -0.504 e. The number of ether oxygens (including phenoxy) is 1. The Labute approximate surface area is 101 Å². The molecule has 0 fully saturated rings. The van der Waals surface area contributed by atoms with E-state index in [0.29, 0.717) is 25.4 Å². The van der Waals surface area contributed by atoms with Crippen molar-refractivity contribution in [2.24, 2.45) is 0 Å². The Morgan fingerprint density at radius 1 is 1.41 bits per heavy atom. The molecule has 1 atom stereocenters. The number of rotatable bonds is 7. The highest BCUT2D eigenvalue weighted by Crippen LogP contribution is 2.26. The lowest BCUT2D eigenvalue weighted by Gasteiger charge is -2.11. The third kappa shape index (κ3) is 4.60. The predicted molar refractivity (Wildman–Crippen MR) is 64.1 cm³/mol. The Balaban J connectivity index is 2.51. The largest absolute Gasteiger partial charge is 0.504 e. The monoisotopic (exact) mass is 241 g/mol. The van der Waals surface area contributed by atoms with Gasteiger partial charge >= 0.3 is 0 Å². The van der Waals surface area contributed by atoms with Crippen LogP contribution in [0, 0.1) is 0 Å². The Bertz CT molecular complexity index is 343. The van der Waals surface area contributed by atoms with Crippen LogP contribution in [0.25, 0.3) is 0 Å². The average Bonchev–Trinajstić information content (AvgIpc) is 2.33. The van der Waals surface area contributed by atoms with Gasteiger partial charge in [-0.25, -0.2) is 0 Å². The van der Waals surface area contributed by atoms with Gasteiger partial charge in [0.25, 0.3) is 0 Å². The summed E-state index contributed by atoms with van der Waals surface area (Å²) in [7, 11) is 0. The zero-order valence-corrected chi connectivity index (χ0v) is 9.89. The lowest BCUT2D eigenvalue weighted by atomic mass is 10.2. The van der Waals surface area contributed by atoms with E-state index < -0.39 is 6.10 Å². The van der Waals surface area contributed by atoms with Crippen molar-refractivity contribution in [2.45, 2.75) is 19.6 Å². The predicted octanol–water partition coefficient (Wildman–Crippen LogP) is 0.234. The number of benzene rings is 1. The Hall–Kier alpha value is -1.30. The molecule has 96 valence electrons. The van der Waals surface area contributed by atoms with E-state index >= 15 is 0 Å². The molecule has 1 aromatic rings. The normalized spacial score (nSPS) is 12.4. The molecule has 0 saturated carbocycles. The number of aromatic hydroxyl groups is 1. The molecule has 1 rings (SSSR count). The second-order valence-electron chi connectivity index (χ2n) is 3.70. The third-order valence-electron chi connectivity index (χ3n) is 2.24. The minimum atomic E-state index is -0.751. The van der Waals surface area contributed by atoms with Gasteiger partial charge in [-0.1, -0.05) is 6.07 Å². The number of phenols is 1. The van der Waals surface area contributed by atoms with Gasteiger partial charge in [-0.05, 0) is 24.6 Å². The van der Waals surface area contributed by atoms with Gasteiger partial charge in [-0.15, -0.1) is 0 Å². The van der Waals surface area contributed by atoms with Crippen LogP contribution in [0.15, 0.2) is 18.2 Å². The third-order valence-corrected chi connectivity index (χ3v) is 2.24. The average molecular weight is 241 g/mol. The number of aliphatic hydroxyl groups excluding tert-OH is 2. The topological polar surface area (TPSA) is 82.0 Å². The van der Waals surface area contributed by atoms with Gasteiger partial charge in [0.15, 0.2) is 11.5 Å². The summed E-state index contributed by atoms with van der Waals surface area (Å²) in [5.74, 6) is 0.570. The maximum atomic E-state index is 9.50. The van der Waals surface area contributed by atoms with Crippen molar-refractivity contribution in [3.05, 3.63) is 23.8 Å². The molecular formula is C12H19NO4. The van der Waals surface area contributed by atoms with Crippen molar-refractivity contribution >= 4 is 0 Å². The van der Waals surface area contributed by atoms with E-state index in [1.165, 1.54) is 0 Å². The fraction of sp³-hybridized carbons (Fsp3) is 0.500. The summed E-state index contributed by atoms with van der Waals surface area (Å²) in [5.41, 5.74) is 0.941. The Morgan fingerprint density at radius 2 is 2.18 bits per heavy atom.